The molecular weight excluding hydrogens is 362 g/mol. The standard InChI is InChI=1S/C21H27NO4S/c23-18-15-27-19(22(18)13-12-21(26)10-2-1-3-11-21)9-5-7-16-6-4-8-17(14-16)20(24)25/h4-8,14,19,26H,1-3,9-13,15H2,(H,24,25). The number of thioether (sulfide) groups is 1. The van der Waals surface area contributed by atoms with Gasteiger partial charge in [-0.3, -0.25) is 4.79 Å². The van der Waals surface area contributed by atoms with E-state index < -0.39 is 11.6 Å². The Bertz CT molecular complexity index is 712. The molecule has 146 valence electrons. The molecule has 0 spiro atoms. The third-order valence-corrected chi connectivity index (χ3v) is 6.70. The molecule has 1 saturated carbocycles. The molecule has 0 aromatic heterocycles. The third-order valence-electron chi connectivity index (χ3n) is 5.45. The fraction of sp³-hybridized carbons (Fsp3) is 0.524. The first-order valence-electron chi connectivity index (χ1n) is 9.60. The minimum atomic E-state index is -0.936. The molecule has 1 unspecified atom stereocenters. The summed E-state index contributed by atoms with van der Waals surface area (Å²) in [7, 11) is 0. The Morgan fingerprint density at radius 2 is 2.07 bits per heavy atom. The number of carbonyl (C=O) groups is 2. The van der Waals surface area contributed by atoms with Crippen molar-refractivity contribution in [2.24, 2.45) is 0 Å². The molecule has 1 saturated heterocycles. The fourth-order valence-corrected chi connectivity index (χ4v) is 5.00. The molecule has 1 aliphatic carbocycles. The largest absolute Gasteiger partial charge is 0.478 e. The predicted molar refractivity (Wildman–Crippen MR) is 108 cm³/mol. The Morgan fingerprint density at radius 1 is 1.30 bits per heavy atom. The average molecular weight is 390 g/mol. The maximum absolute atomic E-state index is 12.2. The lowest BCUT2D eigenvalue weighted by Gasteiger charge is -2.34. The van der Waals surface area contributed by atoms with Crippen molar-refractivity contribution in [1.82, 2.24) is 4.90 Å². The molecule has 1 aliphatic heterocycles. The highest BCUT2D eigenvalue weighted by molar-refractivity contribution is 8.01. The van der Waals surface area contributed by atoms with Gasteiger partial charge in [0.05, 0.1) is 22.3 Å². The molecule has 2 fully saturated rings. The van der Waals surface area contributed by atoms with Crippen LogP contribution in [0.1, 0.15) is 60.9 Å². The Kier molecular flexibility index (Phi) is 6.60. The zero-order valence-electron chi connectivity index (χ0n) is 15.5. The van der Waals surface area contributed by atoms with Gasteiger partial charge in [0.25, 0.3) is 0 Å². The summed E-state index contributed by atoms with van der Waals surface area (Å²) in [6.07, 6.45) is 10.3. The van der Waals surface area contributed by atoms with Crippen molar-refractivity contribution in [2.45, 2.75) is 55.9 Å². The lowest BCUT2D eigenvalue weighted by atomic mass is 9.82. The number of rotatable bonds is 7. The van der Waals surface area contributed by atoms with Gasteiger partial charge in [-0.25, -0.2) is 4.79 Å². The molecule has 0 bridgehead atoms. The monoisotopic (exact) mass is 389 g/mol. The molecule has 2 N–H and O–H groups in total. The molecule has 5 nitrogen and oxygen atoms in total. The zero-order valence-corrected chi connectivity index (χ0v) is 16.3. The predicted octanol–water partition coefficient (Wildman–Crippen LogP) is 3.77. The van der Waals surface area contributed by atoms with Crippen molar-refractivity contribution < 1.29 is 19.8 Å². The van der Waals surface area contributed by atoms with Crippen molar-refractivity contribution in [3.8, 4) is 0 Å². The highest BCUT2D eigenvalue weighted by Gasteiger charge is 2.34. The first-order valence-corrected chi connectivity index (χ1v) is 10.7. The number of carboxylic acids is 1. The van der Waals surface area contributed by atoms with Gasteiger partial charge >= 0.3 is 5.97 Å². The van der Waals surface area contributed by atoms with E-state index in [9.17, 15) is 14.7 Å². The second-order valence-corrected chi connectivity index (χ2v) is 8.62. The fourth-order valence-electron chi connectivity index (χ4n) is 3.85. The van der Waals surface area contributed by atoms with Gasteiger partial charge < -0.3 is 15.1 Å². The lowest BCUT2D eigenvalue weighted by molar-refractivity contribution is -0.128. The quantitative estimate of drug-likeness (QED) is 0.742. The lowest BCUT2D eigenvalue weighted by Crippen LogP contribution is -2.40. The van der Waals surface area contributed by atoms with E-state index in [0.717, 1.165) is 31.2 Å². The molecule has 3 rings (SSSR count). The van der Waals surface area contributed by atoms with Crippen LogP contribution in [0.4, 0.5) is 0 Å². The maximum Gasteiger partial charge on any atom is 0.335 e. The van der Waals surface area contributed by atoms with Crippen LogP contribution in [0.15, 0.2) is 30.3 Å². The molecule has 0 radical (unpaired) electrons. The van der Waals surface area contributed by atoms with Crippen LogP contribution in [0.25, 0.3) is 6.08 Å². The van der Waals surface area contributed by atoms with E-state index in [0.29, 0.717) is 25.1 Å². The molecule has 1 atom stereocenters. The van der Waals surface area contributed by atoms with Crippen LogP contribution < -0.4 is 0 Å². The Morgan fingerprint density at radius 3 is 2.81 bits per heavy atom. The van der Waals surface area contributed by atoms with E-state index in [1.54, 1.807) is 30.0 Å². The molecule has 27 heavy (non-hydrogen) atoms. The molecule has 1 aromatic carbocycles. The number of aromatic carboxylic acids is 1. The average Bonchev–Trinajstić information content (AvgIpc) is 3.01. The van der Waals surface area contributed by atoms with Gasteiger partial charge in [-0.1, -0.05) is 43.5 Å². The second kappa shape index (κ2) is 8.93. The maximum atomic E-state index is 12.2. The minimum absolute atomic E-state index is 0.0867. The summed E-state index contributed by atoms with van der Waals surface area (Å²) in [5, 5.41) is 19.8. The number of carboxylic acid groups (broad SMARTS) is 1. The van der Waals surface area contributed by atoms with Gasteiger partial charge in [0, 0.05) is 6.54 Å². The number of hydrogen-bond donors (Lipinski definition) is 2. The van der Waals surface area contributed by atoms with E-state index in [-0.39, 0.29) is 16.8 Å². The highest BCUT2D eigenvalue weighted by Crippen LogP contribution is 2.34. The summed E-state index contributed by atoms with van der Waals surface area (Å²) in [6, 6.07) is 6.81. The Hall–Kier alpha value is -1.79. The van der Waals surface area contributed by atoms with Crippen LogP contribution in [0.2, 0.25) is 0 Å². The van der Waals surface area contributed by atoms with Crippen molar-refractivity contribution in [3.05, 3.63) is 41.5 Å². The molecular formula is C21H27NO4S. The van der Waals surface area contributed by atoms with Gasteiger partial charge in [-0.2, -0.15) is 0 Å². The van der Waals surface area contributed by atoms with E-state index in [1.807, 2.05) is 23.1 Å². The summed E-state index contributed by atoms with van der Waals surface area (Å²) in [4.78, 5) is 25.2. The van der Waals surface area contributed by atoms with Gasteiger partial charge in [0.15, 0.2) is 0 Å². The topological polar surface area (TPSA) is 77.8 Å². The van der Waals surface area contributed by atoms with E-state index in [1.165, 1.54) is 6.42 Å². The Balaban J connectivity index is 1.56. The van der Waals surface area contributed by atoms with Crippen molar-refractivity contribution >= 4 is 29.7 Å². The van der Waals surface area contributed by atoms with Crippen LogP contribution in [0.5, 0.6) is 0 Å². The number of carbonyl (C=O) groups excluding carboxylic acids is 1. The first kappa shape index (κ1) is 20.0. The molecule has 1 aromatic rings. The highest BCUT2D eigenvalue weighted by atomic mass is 32.2. The number of benzene rings is 1. The van der Waals surface area contributed by atoms with Gasteiger partial charge in [0.1, 0.15) is 0 Å². The van der Waals surface area contributed by atoms with Crippen LogP contribution in [0, 0.1) is 0 Å². The normalized spacial score (nSPS) is 22.5. The summed E-state index contributed by atoms with van der Waals surface area (Å²) >= 11 is 1.64. The van der Waals surface area contributed by atoms with Crippen LogP contribution in [-0.2, 0) is 4.79 Å². The molecule has 1 amide bonds. The van der Waals surface area contributed by atoms with Gasteiger partial charge in [-0.15, -0.1) is 11.8 Å². The number of amides is 1. The molecule has 1 heterocycles. The number of nitrogens with zero attached hydrogens (tertiary/aromatic N) is 1. The van der Waals surface area contributed by atoms with E-state index in [2.05, 4.69) is 0 Å². The van der Waals surface area contributed by atoms with Crippen molar-refractivity contribution in [3.63, 3.8) is 0 Å². The van der Waals surface area contributed by atoms with E-state index >= 15 is 0 Å². The van der Waals surface area contributed by atoms with Crippen LogP contribution in [0.3, 0.4) is 0 Å². The SMILES string of the molecule is O=C(O)c1cccc(C=CCC2SCC(=O)N2CCC2(O)CCCCC2)c1. The summed E-state index contributed by atoms with van der Waals surface area (Å²) in [5.41, 5.74) is 0.501. The van der Waals surface area contributed by atoms with Gasteiger partial charge in [0.2, 0.25) is 5.91 Å². The van der Waals surface area contributed by atoms with Crippen LogP contribution in [-0.4, -0.2) is 50.3 Å². The van der Waals surface area contributed by atoms with Gasteiger partial charge in [-0.05, 0) is 43.4 Å². The Labute approximate surface area is 164 Å². The van der Waals surface area contributed by atoms with Crippen molar-refractivity contribution in [2.75, 3.05) is 12.3 Å². The first-order chi connectivity index (χ1) is 13.0. The minimum Gasteiger partial charge on any atom is -0.478 e. The smallest absolute Gasteiger partial charge is 0.335 e. The number of hydrogen-bond acceptors (Lipinski definition) is 4. The molecule has 2 aliphatic rings. The van der Waals surface area contributed by atoms with Crippen LogP contribution >= 0.6 is 11.8 Å². The van der Waals surface area contributed by atoms with E-state index in [4.69, 9.17) is 5.11 Å². The summed E-state index contributed by atoms with van der Waals surface area (Å²) in [6.45, 7) is 0.606. The molecule has 6 heteroatoms. The second-order valence-electron chi connectivity index (χ2n) is 7.46. The zero-order chi connectivity index (χ0) is 19.3. The third kappa shape index (κ3) is 5.36. The summed E-state index contributed by atoms with van der Waals surface area (Å²) < 4.78 is 0. The summed E-state index contributed by atoms with van der Waals surface area (Å²) in [5.74, 6) is -0.300. The number of aliphatic hydroxyl groups is 1. The van der Waals surface area contributed by atoms with Crippen molar-refractivity contribution in [1.29, 1.82) is 0 Å².